The number of aromatic nitrogens is 1. The zero-order valence-electron chi connectivity index (χ0n) is 10.9. The van der Waals surface area contributed by atoms with Crippen LogP contribution in [0.4, 0.5) is 15.0 Å². The Balaban J connectivity index is 2.00. The lowest BCUT2D eigenvalue weighted by Crippen LogP contribution is -2.56. The summed E-state index contributed by atoms with van der Waals surface area (Å²) in [4.78, 5) is 28.1. The van der Waals surface area contributed by atoms with Crippen molar-refractivity contribution < 1.29 is 19.1 Å². The second-order valence-electron chi connectivity index (χ2n) is 4.75. The summed E-state index contributed by atoms with van der Waals surface area (Å²) in [7, 11) is 0. The van der Waals surface area contributed by atoms with Crippen LogP contribution in [0.25, 0.3) is 0 Å². The summed E-state index contributed by atoms with van der Waals surface area (Å²) < 4.78 is 12.7. The predicted octanol–water partition coefficient (Wildman–Crippen LogP) is 1.20. The average molecular weight is 282 g/mol. The van der Waals surface area contributed by atoms with Gasteiger partial charge in [0, 0.05) is 6.54 Å². The minimum absolute atomic E-state index is 0.267. The number of halogens is 1. The van der Waals surface area contributed by atoms with Crippen molar-refractivity contribution in [1.29, 1.82) is 0 Å². The zero-order chi connectivity index (χ0) is 14.8. The molecular formula is C12H15FN4O3. The summed E-state index contributed by atoms with van der Waals surface area (Å²) in [6.07, 6.45) is 0.962. The lowest BCUT2D eigenvalue weighted by Gasteiger charge is -2.31. The van der Waals surface area contributed by atoms with Gasteiger partial charge in [-0.2, -0.15) is 0 Å². The van der Waals surface area contributed by atoms with Gasteiger partial charge < -0.3 is 5.11 Å². The molecule has 2 heterocycles. The Kier molecular flexibility index (Phi) is 3.73. The molecule has 2 amide bonds. The molecule has 1 aliphatic heterocycles. The van der Waals surface area contributed by atoms with Gasteiger partial charge in [-0.15, -0.1) is 0 Å². The fraction of sp³-hybridized carbons (Fsp3) is 0.417. The van der Waals surface area contributed by atoms with Crippen LogP contribution in [-0.4, -0.2) is 39.1 Å². The number of pyridine rings is 1. The number of anilines is 1. The van der Waals surface area contributed by atoms with Gasteiger partial charge in [0.25, 0.3) is 5.91 Å². The minimum Gasteiger partial charge on any atom is -0.465 e. The molecule has 0 spiro atoms. The monoisotopic (exact) mass is 282 g/mol. The van der Waals surface area contributed by atoms with Gasteiger partial charge in [0.1, 0.15) is 17.2 Å². The molecule has 0 radical (unpaired) electrons. The summed E-state index contributed by atoms with van der Waals surface area (Å²) in [5.41, 5.74) is 3.83. The van der Waals surface area contributed by atoms with E-state index in [1.165, 1.54) is 12.1 Å². The molecule has 1 saturated heterocycles. The molecule has 20 heavy (non-hydrogen) atoms. The standard InChI is InChI=1S/C12H15FN4O3/c1-12(5-2-6-17(12)11(19)20)10(18)16-15-9-4-3-8(13)7-14-9/h3-4,7H,2,5-6H2,1H3,(H,14,15)(H,16,18)(H,19,20). The van der Waals surface area contributed by atoms with Crippen LogP contribution in [0.2, 0.25) is 0 Å². The molecule has 2 rings (SSSR count). The van der Waals surface area contributed by atoms with Crippen molar-refractivity contribution in [2.45, 2.75) is 25.3 Å². The third-order valence-corrected chi connectivity index (χ3v) is 3.39. The van der Waals surface area contributed by atoms with Gasteiger partial charge in [0.15, 0.2) is 0 Å². The molecule has 108 valence electrons. The van der Waals surface area contributed by atoms with E-state index in [1.54, 1.807) is 6.92 Å². The van der Waals surface area contributed by atoms with Crippen LogP contribution in [0.1, 0.15) is 19.8 Å². The Bertz CT molecular complexity index is 522. The highest BCUT2D eigenvalue weighted by atomic mass is 19.1. The second-order valence-corrected chi connectivity index (χ2v) is 4.75. The first kappa shape index (κ1) is 14.0. The molecule has 1 unspecified atom stereocenters. The number of rotatable bonds is 3. The molecule has 1 atom stereocenters. The number of hydrogen-bond acceptors (Lipinski definition) is 4. The maximum absolute atomic E-state index is 12.7. The third-order valence-electron chi connectivity index (χ3n) is 3.39. The third kappa shape index (κ3) is 2.63. The van der Waals surface area contributed by atoms with E-state index in [9.17, 15) is 14.0 Å². The molecule has 1 aromatic rings. The molecule has 0 aromatic carbocycles. The van der Waals surface area contributed by atoms with Crippen molar-refractivity contribution in [1.82, 2.24) is 15.3 Å². The molecular weight excluding hydrogens is 267 g/mol. The largest absolute Gasteiger partial charge is 0.465 e. The van der Waals surface area contributed by atoms with E-state index < -0.39 is 23.4 Å². The van der Waals surface area contributed by atoms with Crippen molar-refractivity contribution >= 4 is 17.8 Å². The van der Waals surface area contributed by atoms with Gasteiger partial charge in [-0.1, -0.05) is 0 Å². The van der Waals surface area contributed by atoms with Gasteiger partial charge in [0.2, 0.25) is 0 Å². The van der Waals surface area contributed by atoms with Crippen LogP contribution >= 0.6 is 0 Å². The van der Waals surface area contributed by atoms with Crippen LogP contribution < -0.4 is 10.9 Å². The van der Waals surface area contributed by atoms with Gasteiger partial charge in [-0.3, -0.25) is 20.5 Å². The second kappa shape index (κ2) is 5.32. The summed E-state index contributed by atoms with van der Waals surface area (Å²) in [5, 5.41) is 9.09. The van der Waals surface area contributed by atoms with Crippen molar-refractivity contribution in [3.8, 4) is 0 Å². The molecule has 3 N–H and O–H groups in total. The first-order valence-electron chi connectivity index (χ1n) is 6.12. The summed E-state index contributed by atoms with van der Waals surface area (Å²) in [6.45, 7) is 1.90. The Morgan fingerprint density at radius 2 is 2.25 bits per heavy atom. The van der Waals surface area contributed by atoms with E-state index in [0.717, 1.165) is 11.1 Å². The first-order chi connectivity index (χ1) is 9.43. The van der Waals surface area contributed by atoms with E-state index in [-0.39, 0.29) is 5.82 Å². The minimum atomic E-state index is -1.12. The number of nitrogens with zero attached hydrogens (tertiary/aromatic N) is 2. The summed E-state index contributed by atoms with van der Waals surface area (Å²) in [6, 6.07) is 2.56. The van der Waals surface area contributed by atoms with Gasteiger partial charge in [-0.25, -0.2) is 14.2 Å². The van der Waals surface area contributed by atoms with E-state index in [4.69, 9.17) is 5.11 Å². The van der Waals surface area contributed by atoms with E-state index >= 15 is 0 Å². The number of hydrogen-bond donors (Lipinski definition) is 3. The molecule has 7 nitrogen and oxygen atoms in total. The Morgan fingerprint density at radius 3 is 2.85 bits per heavy atom. The van der Waals surface area contributed by atoms with Crippen molar-refractivity contribution in [2.24, 2.45) is 0 Å². The highest BCUT2D eigenvalue weighted by Crippen LogP contribution is 2.29. The number of nitrogens with one attached hydrogen (secondary N) is 2. The van der Waals surface area contributed by atoms with Gasteiger partial charge in [-0.05, 0) is 31.9 Å². The highest BCUT2D eigenvalue weighted by Gasteiger charge is 2.46. The molecule has 1 aliphatic rings. The Hall–Kier alpha value is -2.38. The maximum atomic E-state index is 12.7. The summed E-state index contributed by atoms with van der Waals surface area (Å²) >= 11 is 0. The van der Waals surface area contributed by atoms with Crippen LogP contribution in [0.3, 0.4) is 0 Å². The molecule has 0 aliphatic carbocycles. The fourth-order valence-corrected chi connectivity index (χ4v) is 2.21. The number of hydrazine groups is 1. The fourth-order valence-electron chi connectivity index (χ4n) is 2.21. The number of carbonyl (C=O) groups excluding carboxylic acids is 1. The Labute approximate surface area is 114 Å². The Morgan fingerprint density at radius 1 is 1.50 bits per heavy atom. The molecule has 1 fully saturated rings. The predicted molar refractivity (Wildman–Crippen MR) is 68.3 cm³/mol. The van der Waals surface area contributed by atoms with Crippen LogP contribution in [0, 0.1) is 5.82 Å². The van der Waals surface area contributed by atoms with Crippen LogP contribution in [0.5, 0.6) is 0 Å². The number of carboxylic acid groups (broad SMARTS) is 1. The zero-order valence-corrected chi connectivity index (χ0v) is 10.9. The van der Waals surface area contributed by atoms with Gasteiger partial charge >= 0.3 is 6.09 Å². The molecule has 8 heteroatoms. The van der Waals surface area contributed by atoms with Crippen molar-refractivity contribution in [3.63, 3.8) is 0 Å². The number of likely N-dealkylation sites (tertiary alicyclic amines) is 1. The normalized spacial score (nSPS) is 21.6. The van der Waals surface area contributed by atoms with Crippen LogP contribution in [0.15, 0.2) is 18.3 Å². The number of carbonyl (C=O) groups is 2. The maximum Gasteiger partial charge on any atom is 0.408 e. The van der Waals surface area contributed by atoms with E-state index in [0.29, 0.717) is 19.4 Å². The number of amides is 2. The average Bonchev–Trinajstić information content (AvgIpc) is 2.81. The van der Waals surface area contributed by atoms with E-state index in [2.05, 4.69) is 15.8 Å². The quantitative estimate of drug-likeness (QED) is 0.724. The van der Waals surface area contributed by atoms with Crippen molar-refractivity contribution in [3.05, 3.63) is 24.1 Å². The topological polar surface area (TPSA) is 94.6 Å². The first-order valence-corrected chi connectivity index (χ1v) is 6.12. The molecule has 0 saturated carbocycles. The summed E-state index contributed by atoms with van der Waals surface area (Å²) in [5.74, 6) is -0.687. The van der Waals surface area contributed by atoms with Crippen molar-refractivity contribution in [2.75, 3.05) is 12.0 Å². The smallest absolute Gasteiger partial charge is 0.408 e. The molecule has 1 aromatic heterocycles. The van der Waals surface area contributed by atoms with Crippen LogP contribution in [-0.2, 0) is 4.79 Å². The lowest BCUT2D eigenvalue weighted by molar-refractivity contribution is -0.129. The van der Waals surface area contributed by atoms with E-state index in [1.807, 2.05) is 0 Å². The SMILES string of the molecule is CC1(C(=O)NNc2ccc(F)cn2)CCCN1C(=O)O. The highest BCUT2D eigenvalue weighted by molar-refractivity contribution is 5.90. The molecule has 0 bridgehead atoms. The van der Waals surface area contributed by atoms with Gasteiger partial charge in [0.05, 0.1) is 6.20 Å². The lowest BCUT2D eigenvalue weighted by atomic mass is 9.98.